The van der Waals surface area contributed by atoms with E-state index in [9.17, 15) is 0 Å². The third-order valence-electron chi connectivity index (χ3n) is 5.45. The summed E-state index contributed by atoms with van der Waals surface area (Å²) in [5, 5.41) is 0. The summed E-state index contributed by atoms with van der Waals surface area (Å²) < 4.78 is 11.8. The Kier molecular flexibility index (Phi) is 4.44. The zero-order valence-corrected chi connectivity index (χ0v) is 14.1. The summed E-state index contributed by atoms with van der Waals surface area (Å²) in [4.78, 5) is 2.58. The normalized spacial score (nSPS) is 24.9. The van der Waals surface area contributed by atoms with E-state index in [1.165, 1.54) is 44.5 Å². The zero-order chi connectivity index (χ0) is 16.2. The van der Waals surface area contributed by atoms with Crippen molar-refractivity contribution in [2.45, 2.75) is 25.9 Å². The van der Waals surface area contributed by atoms with Crippen molar-refractivity contribution in [2.24, 2.45) is 5.41 Å². The van der Waals surface area contributed by atoms with Gasteiger partial charge in [0, 0.05) is 6.54 Å². The molecule has 0 aliphatic carbocycles. The first-order valence-corrected chi connectivity index (χ1v) is 8.93. The van der Waals surface area contributed by atoms with Crippen LogP contribution in [0, 0.1) is 5.41 Å². The lowest BCUT2D eigenvalue weighted by atomic mass is 9.82. The Labute approximate surface area is 144 Å². The number of rotatable bonds is 7. The van der Waals surface area contributed by atoms with Crippen LogP contribution in [0.4, 0.5) is 0 Å². The molecule has 3 heteroatoms. The summed E-state index contributed by atoms with van der Waals surface area (Å²) in [7, 11) is 0. The fourth-order valence-electron chi connectivity index (χ4n) is 3.91. The van der Waals surface area contributed by atoms with Gasteiger partial charge in [0.2, 0.25) is 0 Å². The average Bonchev–Trinajstić information content (AvgIpc) is 3.23. The van der Waals surface area contributed by atoms with Crippen molar-refractivity contribution >= 4 is 0 Å². The summed E-state index contributed by atoms with van der Waals surface area (Å²) in [5.41, 5.74) is 1.72. The molecule has 2 aliphatic rings. The summed E-state index contributed by atoms with van der Waals surface area (Å²) in [6, 6.07) is 18.2. The van der Waals surface area contributed by atoms with Crippen molar-refractivity contribution in [1.82, 2.24) is 4.90 Å². The molecule has 0 radical (unpaired) electrons. The molecule has 2 bridgehead atoms. The van der Waals surface area contributed by atoms with Gasteiger partial charge in [-0.15, -0.1) is 0 Å². The maximum absolute atomic E-state index is 5.96. The highest BCUT2D eigenvalue weighted by molar-refractivity contribution is 5.31. The second kappa shape index (κ2) is 6.86. The Morgan fingerprint density at radius 1 is 0.833 bits per heavy atom. The third kappa shape index (κ3) is 3.57. The highest BCUT2D eigenvalue weighted by Crippen LogP contribution is 2.43. The summed E-state index contributed by atoms with van der Waals surface area (Å²) in [5.74, 6) is 1.82. The van der Waals surface area contributed by atoms with Crippen LogP contribution in [0.15, 0.2) is 54.6 Å². The number of nitrogens with zero attached hydrogens (tertiary/aromatic N) is 1. The van der Waals surface area contributed by atoms with Crippen LogP contribution in [0.25, 0.3) is 0 Å². The van der Waals surface area contributed by atoms with E-state index < -0.39 is 0 Å². The molecule has 2 saturated heterocycles. The van der Waals surface area contributed by atoms with Crippen molar-refractivity contribution in [3.8, 4) is 11.5 Å². The average molecular weight is 323 g/mol. The quantitative estimate of drug-likeness (QED) is 0.765. The van der Waals surface area contributed by atoms with Crippen LogP contribution in [0.2, 0.25) is 0 Å². The van der Waals surface area contributed by atoms with E-state index in [-0.39, 0.29) is 0 Å². The Bertz CT molecular complexity index is 645. The first-order valence-electron chi connectivity index (χ1n) is 8.93. The predicted octanol–water partition coefficient (Wildman–Crippen LogP) is 4.13. The topological polar surface area (TPSA) is 21.7 Å². The third-order valence-corrected chi connectivity index (χ3v) is 5.45. The molecule has 2 aromatic rings. The molecule has 2 aromatic carbocycles. The Morgan fingerprint density at radius 3 is 2.12 bits per heavy atom. The molecule has 2 fully saturated rings. The molecule has 0 N–H and O–H groups in total. The lowest BCUT2D eigenvalue weighted by Gasteiger charge is -2.24. The van der Waals surface area contributed by atoms with Gasteiger partial charge in [-0.3, -0.25) is 0 Å². The van der Waals surface area contributed by atoms with Crippen LogP contribution >= 0.6 is 0 Å². The van der Waals surface area contributed by atoms with Crippen molar-refractivity contribution in [1.29, 1.82) is 0 Å². The van der Waals surface area contributed by atoms with Crippen molar-refractivity contribution < 1.29 is 9.47 Å². The molecule has 24 heavy (non-hydrogen) atoms. The number of fused-ring (bicyclic) bond motifs is 2. The fraction of sp³-hybridized carbons (Fsp3) is 0.429. The van der Waals surface area contributed by atoms with Gasteiger partial charge in [-0.25, -0.2) is 0 Å². The van der Waals surface area contributed by atoms with Crippen LogP contribution in [-0.2, 0) is 6.61 Å². The predicted molar refractivity (Wildman–Crippen MR) is 95.4 cm³/mol. The molecule has 126 valence electrons. The van der Waals surface area contributed by atoms with E-state index in [0.29, 0.717) is 12.0 Å². The van der Waals surface area contributed by atoms with Gasteiger partial charge in [-0.2, -0.15) is 0 Å². The summed E-state index contributed by atoms with van der Waals surface area (Å²) in [6.45, 7) is 5.27. The molecule has 0 aromatic heterocycles. The fourth-order valence-corrected chi connectivity index (χ4v) is 3.91. The first-order chi connectivity index (χ1) is 11.8. The Balaban J connectivity index is 1.24. The first kappa shape index (κ1) is 15.5. The Hall–Kier alpha value is -2.00. The molecule has 0 atom stereocenters. The zero-order valence-electron chi connectivity index (χ0n) is 14.1. The molecule has 0 saturated carbocycles. The molecule has 0 unspecified atom stereocenters. The maximum Gasteiger partial charge on any atom is 0.120 e. The van der Waals surface area contributed by atoms with Crippen LogP contribution in [0.3, 0.4) is 0 Å². The molecule has 0 spiro atoms. The van der Waals surface area contributed by atoms with E-state index in [0.717, 1.165) is 18.1 Å². The molecular weight excluding hydrogens is 298 g/mol. The number of piperidine rings is 1. The highest BCUT2D eigenvalue weighted by Gasteiger charge is 2.43. The van der Waals surface area contributed by atoms with Crippen LogP contribution in [0.1, 0.15) is 24.8 Å². The summed E-state index contributed by atoms with van der Waals surface area (Å²) >= 11 is 0. The van der Waals surface area contributed by atoms with Crippen molar-refractivity contribution in [3.63, 3.8) is 0 Å². The van der Waals surface area contributed by atoms with Gasteiger partial charge in [-0.1, -0.05) is 30.3 Å². The van der Waals surface area contributed by atoms with Crippen molar-refractivity contribution in [2.75, 3.05) is 26.2 Å². The number of ether oxygens (including phenoxy) is 2. The van der Waals surface area contributed by atoms with Gasteiger partial charge in [0.05, 0.1) is 6.61 Å². The minimum absolute atomic E-state index is 0.540. The van der Waals surface area contributed by atoms with Crippen LogP contribution in [0.5, 0.6) is 11.5 Å². The van der Waals surface area contributed by atoms with Crippen LogP contribution in [-0.4, -0.2) is 31.1 Å². The lowest BCUT2D eigenvalue weighted by molar-refractivity contribution is 0.214. The molecule has 3 nitrogen and oxygen atoms in total. The van der Waals surface area contributed by atoms with E-state index in [2.05, 4.69) is 17.0 Å². The van der Waals surface area contributed by atoms with E-state index in [1.54, 1.807) is 0 Å². The number of benzene rings is 2. The van der Waals surface area contributed by atoms with Gasteiger partial charge in [0.25, 0.3) is 0 Å². The Morgan fingerprint density at radius 2 is 1.50 bits per heavy atom. The van der Waals surface area contributed by atoms with Crippen LogP contribution < -0.4 is 9.47 Å². The number of hydrogen-bond donors (Lipinski definition) is 0. The smallest absolute Gasteiger partial charge is 0.120 e. The lowest BCUT2D eigenvalue weighted by Crippen LogP contribution is -2.22. The molecular formula is C21H25NO2. The standard InChI is InChI=1S/C21H25NO2/c1-2-4-18(5-3-1)16-24-20-8-6-19(7-9-20)23-15-12-21-10-13-22(17-21)14-11-21/h1-9H,10-17H2. The van der Waals surface area contributed by atoms with Gasteiger partial charge < -0.3 is 14.4 Å². The summed E-state index contributed by atoms with van der Waals surface area (Å²) in [6.07, 6.45) is 3.88. The van der Waals surface area contributed by atoms with Gasteiger partial charge >= 0.3 is 0 Å². The van der Waals surface area contributed by atoms with E-state index in [1.807, 2.05) is 42.5 Å². The molecule has 2 aliphatic heterocycles. The molecule has 2 heterocycles. The van der Waals surface area contributed by atoms with Crippen molar-refractivity contribution in [3.05, 3.63) is 60.2 Å². The highest BCUT2D eigenvalue weighted by atomic mass is 16.5. The minimum atomic E-state index is 0.540. The van der Waals surface area contributed by atoms with E-state index in [4.69, 9.17) is 9.47 Å². The molecule has 4 rings (SSSR count). The SMILES string of the molecule is c1ccc(COc2ccc(OCCC34CCN(CC3)C4)cc2)cc1. The van der Waals surface area contributed by atoms with Gasteiger partial charge in [0.15, 0.2) is 0 Å². The minimum Gasteiger partial charge on any atom is -0.494 e. The second-order valence-corrected chi connectivity index (χ2v) is 7.12. The van der Waals surface area contributed by atoms with Gasteiger partial charge in [-0.05, 0) is 67.6 Å². The number of hydrogen-bond acceptors (Lipinski definition) is 3. The second-order valence-electron chi connectivity index (χ2n) is 7.12. The van der Waals surface area contributed by atoms with Gasteiger partial charge in [0.1, 0.15) is 18.1 Å². The maximum atomic E-state index is 5.96. The largest absolute Gasteiger partial charge is 0.494 e. The molecule has 0 amide bonds. The monoisotopic (exact) mass is 323 g/mol. The van der Waals surface area contributed by atoms with E-state index >= 15 is 0 Å².